The lowest BCUT2D eigenvalue weighted by atomic mass is 10.1. The maximum atomic E-state index is 12.6. The van der Waals surface area contributed by atoms with Gasteiger partial charge in [-0.2, -0.15) is 0 Å². The van der Waals surface area contributed by atoms with Crippen molar-refractivity contribution in [2.24, 2.45) is 0 Å². The summed E-state index contributed by atoms with van der Waals surface area (Å²) in [6.07, 6.45) is 2.12. The van der Waals surface area contributed by atoms with Gasteiger partial charge in [-0.1, -0.05) is 24.3 Å². The van der Waals surface area contributed by atoms with E-state index in [9.17, 15) is 4.79 Å². The second-order valence-electron chi connectivity index (χ2n) is 6.91. The molecule has 30 heavy (non-hydrogen) atoms. The minimum Gasteiger partial charge on any atom is -0.497 e. The van der Waals surface area contributed by atoms with Gasteiger partial charge in [-0.3, -0.25) is 4.79 Å². The Labute approximate surface area is 174 Å². The third-order valence-corrected chi connectivity index (χ3v) is 4.84. The van der Waals surface area contributed by atoms with E-state index in [1.54, 1.807) is 24.8 Å². The van der Waals surface area contributed by atoms with Crippen molar-refractivity contribution in [1.82, 2.24) is 14.6 Å². The smallest absolute Gasteiger partial charge is 0.231 e. The molecule has 7 nitrogen and oxygen atoms in total. The third kappa shape index (κ3) is 4.10. The van der Waals surface area contributed by atoms with Crippen LogP contribution in [0.1, 0.15) is 11.1 Å². The van der Waals surface area contributed by atoms with Gasteiger partial charge in [0.2, 0.25) is 11.8 Å². The Balaban J connectivity index is 1.54. The molecular formula is C23H22N4O3. The Morgan fingerprint density at radius 2 is 1.83 bits per heavy atom. The number of anilines is 1. The fourth-order valence-electron chi connectivity index (χ4n) is 3.15. The molecule has 0 aliphatic carbocycles. The molecule has 4 rings (SSSR count). The lowest BCUT2D eigenvalue weighted by molar-refractivity contribution is -0.115. The Kier molecular flexibility index (Phi) is 5.34. The van der Waals surface area contributed by atoms with Gasteiger partial charge in [0, 0.05) is 17.3 Å². The number of amides is 1. The lowest BCUT2D eigenvalue weighted by Gasteiger charge is -2.10. The molecule has 2 aromatic heterocycles. The van der Waals surface area contributed by atoms with Crippen molar-refractivity contribution in [3.05, 3.63) is 71.9 Å². The second-order valence-corrected chi connectivity index (χ2v) is 6.91. The van der Waals surface area contributed by atoms with E-state index in [1.165, 1.54) is 0 Å². The first-order valence-corrected chi connectivity index (χ1v) is 9.50. The highest BCUT2D eigenvalue weighted by atomic mass is 16.5. The molecule has 0 fully saturated rings. The Hall–Kier alpha value is -3.87. The summed E-state index contributed by atoms with van der Waals surface area (Å²) in [6.45, 7) is 1.96. The molecule has 0 atom stereocenters. The van der Waals surface area contributed by atoms with Crippen molar-refractivity contribution < 1.29 is 14.3 Å². The molecule has 1 amide bonds. The van der Waals surface area contributed by atoms with Gasteiger partial charge >= 0.3 is 0 Å². The molecule has 0 spiro atoms. The van der Waals surface area contributed by atoms with E-state index in [1.807, 2.05) is 61.7 Å². The Morgan fingerprint density at radius 3 is 2.57 bits per heavy atom. The summed E-state index contributed by atoms with van der Waals surface area (Å²) in [4.78, 5) is 17.2. The number of rotatable bonds is 6. The molecule has 0 bridgehead atoms. The number of hydrogen-bond acceptors (Lipinski definition) is 5. The van der Waals surface area contributed by atoms with Crippen LogP contribution in [0, 0.1) is 6.92 Å². The normalized spacial score (nSPS) is 10.8. The molecule has 0 radical (unpaired) electrons. The second kappa shape index (κ2) is 8.24. The van der Waals surface area contributed by atoms with Crippen LogP contribution >= 0.6 is 0 Å². The largest absolute Gasteiger partial charge is 0.497 e. The highest BCUT2D eigenvalue weighted by molar-refractivity contribution is 5.93. The molecule has 152 valence electrons. The number of nitrogens with one attached hydrogen (secondary N) is 1. The summed E-state index contributed by atoms with van der Waals surface area (Å²) in [5.41, 5.74) is 5.03. The zero-order chi connectivity index (χ0) is 21.1. The van der Waals surface area contributed by atoms with Crippen LogP contribution in [0.5, 0.6) is 11.6 Å². The number of methoxy groups -OCH3 is 2. The molecule has 2 aromatic carbocycles. The predicted molar refractivity (Wildman–Crippen MR) is 115 cm³/mol. The quantitative estimate of drug-likeness (QED) is 0.529. The van der Waals surface area contributed by atoms with Gasteiger partial charge in [0.05, 0.1) is 32.5 Å². The molecule has 0 saturated heterocycles. The molecule has 2 heterocycles. The Bertz CT molecular complexity index is 1200. The fraction of sp³-hybridized carbons (Fsp3) is 0.174. The van der Waals surface area contributed by atoms with Crippen molar-refractivity contribution in [3.63, 3.8) is 0 Å². The summed E-state index contributed by atoms with van der Waals surface area (Å²) >= 11 is 0. The van der Waals surface area contributed by atoms with Crippen LogP contribution in [-0.2, 0) is 11.2 Å². The van der Waals surface area contributed by atoms with Crippen LogP contribution in [0.25, 0.3) is 16.9 Å². The first kappa shape index (κ1) is 19.4. The highest BCUT2D eigenvalue weighted by Crippen LogP contribution is 2.26. The standard InChI is InChI=1S/C23H22N4O3/c1-15-4-7-17(20-14-27-21(24-20)10-11-23(26-27)30-3)13-19(15)25-22(28)12-16-5-8-18(29-2)9-6-16/h4-11,13-14H,12H2,1-3H3,(H,25,28). The monoisotopic (exact) mass is 402 g/mol. The number of hydrogen-bond donors (Lipinski definition) is 1. The Morgan fingerprint density at radius 1 is 1.03 bits per heavy atom. The molecule has 0 saturated carbocycles. The minimum absolute atomic E-state index is 0.0816. The van der Waals surface area contributed by atoms with E-state index in [0.717, 1.165) is 39.5 Å². The van der Waals surface area contributed by atoms with Crippen LogP contribution in [-0.4, -0.2) is 34.7 Å². The van der Waals surface area contributed by atoms with Crippen LogP contribution < -0.4 is 14.8 Å². The summed E-state index contributed by atoms with van der Waals surface area (Å²) in [6, 6.07) is 17.0. The van der Waals surface area contributed by atoms with Gasteiger partial charge in [-0.15, -0.1) is 5.10 Å². The van der Waals surface area contributed by atoms with Crippen molar-refractivity contribution in [2.45, 2.75) is 13.3 Å². The van der Waals surface area contributed by atoms with Gasteiger partial charge in [-0.05, 0) is 42.3 Å². The number of nitrogens with zero attached hydrogens (tertiary/aromatic N) is 3. The van der Waals surface area contributed by atoms with E-state index < -0.39 is 0 Å². The number of aromatic nitrogens is 3. The van der Waals surface area contributed by atoms with Crippen molar-refractivity contribution in [2.75, 3.05) is 19.5 Å². The van der Waals surface area contributed by atoms with Crippen molar-refractivity contribution in [1.29, 1.82) is 0 Å². The van der Waals surface area contributed by atoms with Gasteiger partial charge in [0.1, 0.15) is 5.75 Å². The molecule has 1 N–H and O–H groups in total. The van der Waals surface area contributed by atoms with E-state index in [-0.39, 0.29) is 12.3 Å². The average molecular weight is 402 g/mol. The minimum atomic E-state index is -0.0816. The number of ether oxygens (including phenoxy) is 2. The number of benzene rings is 2. The number of imidazole rings is 1. The maximum absolute atomic E-state index is 12.6. The molecule has 0 unspecified atom stereocenters. The van der Waals surface area contributed by atoms with Gasteiger partial charge in [-0.25, -0.2) is 9.50 Å². The van der Waals surface area contributed by atoms with Gasteiger partial charge < -0.3 is 14.8 Å². The third-order valence-electron chi connectivity index (χ3n) is 4.84. The molecule has 0 aliphatic rings. The number of aryl methyl sites for hydroxylation is 1. The highest BCUT2D eigenvalue weighted by Gasteiger charge is 2.11. The molecule has 4 aromatic rings. The van der Waals surface area contributed by atoms with Crippen LogP contribution in [0.3, 0.4) is 0 Å². The lowest BCUT2D eigenvalue weighted by Crippen LogP contribution is -2.15. The number of fused-ring (bicyclic) bond motifs is 1. The van der Waals surface area contributed by atoms with Gasteiger partial charge in [0.25, 0.3) is 0 Å². The zero-order valence-electron chi connectivity index (χ0n) is 17.0. The average Bonchev–Trinajstić information content (AvgIpc) is 3.19. The van der Waals surface area contributed by atoms with Crippen LogP contribution in [0.4, 0.5) is 5.69 Å². The molecule has 7 heteroatoms. The fourth-order valence-corrected chi connectivity index (χ4v) is 3.15. The first-order chi connectivity index (χ1) is 14.6. The maximum Gasteiger partial charge on any atom is 0.231 e. The van der Waals surface area contributed by atoms with E-state index in [2.05, 4.69) is 15.4 Å². The summed E-state index contributed by atoms with van der Waals surface area (Å²) in [5, 5.41) is 7.35. The molecular weight excluding hydrogens is 380 g/mol. The zero-order valence-corrected chi connectivity index (χ0v) is 17.0. The SMILES string of the molecule is COc1ccc(CC(=O)Nc2cc(-c3cn4nc(OC)ccc4n3)ccc2C)cc1. The first-order valence-electron chi connectivity index (χ1n) is 9.50. The van der Waals surface area contributed by atoms with Gasteiger partial charge in [0.15, 0.2) is 5.65 Å². The molecule has 0 aliphatic heterocycles. The number of carbonyl (C=O) groups excluding carboxylic acids is 1. The predicted octanol–water partition coefficient (Wildman–Crippen LogP) is 3.90. The van der Waals surface area contributed by atoms with E-state index >= 15 is 0 Å². The van der Waals surface area contributed by atoms with E-state index in [0.29, 0.717) is 5.88 Å². The summed E-state index contributed by atoms with van der Waals surface area (Å²) in [5.74, 6) is 1.20. The number of carbonyl (C=O) groups is 1. The summed E-state index contributed by atoms with van der Waals surface area (Å²) < 4.78 is 12.0. The van der Waals surface area contributed by atoms with Crippen LogP contribution in [0.2, 0.25) is 0 Å². The topological polar surface area (TPSA) is 77.8 Å². The van der Waals surface area contributed by atoms with Crippen molar-refractivity contribution >= 4 is 17.2 Å². The van der Waals surface area contributed by atoms with Crippen LogP contribution in [0.15, 0.2) is 60.8 Å². The summed E-state index contributed by atoms with van der Waals surface area (Å²) in [7, 11) is 3.19. The van der Waals surface area contributed by atoms with E-state index in [4.69, 9.17) is 9.47 Å². The van der Waals surface area contributed by atoms with Crippen molar-refractivity contribution in [3.8, 4) is 22.9 Å².